The summed E-state index contributed by atoms with van der Waals surface area (Å²) in [6.45, 7) is 5.89. The quantitative estimate of drug-likeness (QED) is 0.854. The second kappa shape index (κ2) is 7.11. The van der Waals surface area contributed by atoms with Crippen LogP contribution in [0.4, 0.5) is 10.5 Å². The van der Waals surface area contributed by atoms with Crippen molar-refractivity contribution in [2.24, 2.45) is 0 Å². The Labute approximate surface area is 157 Å². The van der Waals surface area contributed by atoms with Crippen LogP contribution in [0.15, 0.2) is 36.4 Å². The maximum Gasteiger partial charge on any atom is 0.323 e. The van der Waals surface area contributed by atoms with Gasteiger partial charge in [0, 0.05) is 18.0 Å². The fourth-order valence-corrected chi connectivity index (χ4v) is 4.60. The lowest BCUT2D eigenvalue weighted by molar-refractivity contribution is 0.171. The van der Waals surface area contributed by atoms with Crippen LogP contribution in [0.25, 0.3) is 0 Å². The maximum atomic E-state index is 12.9. The van der Waals surface area contributed by atoms with E-state index in [-0.39, 0.29) is 11.4 Å². The van der Waals surface area contributed by atoms with Gasteiger partial charge in [-0.1, -0.05) is 24.3 Å². The number of nitrogens with zero attached hydrogens (tertiary/aromatic N) is 1. The number of fused-ring (bicyclic) bond motifs is 1. The standard InChI is InChI=1S/C20H22N2O3S/c1-13-4-3-5-14(2)18(13)21-20(23)22-8-11-26-19(22)15-6-7-16-17(12-15)25-10-9-24-16/h3-7,12,19H,8-11H2,1-2H3,(H,21,23)/t19-/m0/s1. The van der Waals surface area contributed by atoms with Gasteiger partial charge >= 0.3 is 6.03 Å². The summed E-state index contributed by atoms with van der Waals surface area (Å²) in [5.41, 5.74) is 4.10. The Morgan fingerprint density at radius 1 is 1.12 bits per heavy atom. The lowest BCUT2D eigenvalue weighted by Gasteiger charge is -2.26. The van der Waals surface area contributed by atoms with Gasteiger partial charge in [0.05, 0.1) is 0 Å². The van der Waals surface area contributed by atoms with Crippen LogP contribution in [0.2, 0.25) is 0 Å². The van der Waals surface area contributed by atoms with Gasteiger partial charge in [-0.2, -0.15) is 0 Å². The second-order valence-electron chi connectivity index (χ2n) is 6.52. The highest BCUT2D eigenvalue weighted by Gasteiger charge is 2.32. The van der Waals surface area contributed by atoms with Crippen molar-refractivity contribution in [2.45, 2.75) is 19.2 Å². The summed E-state index contributed by atoms with van der Waals surface area (Å²) in [6, 6.07) is 11.9. The molecule has 2 aromatic rings. The minimum atomic E-state index is -0.0627. The number of carbonyl (C=O) groups is 1. The molecule has 0 bridgehead atoms. The highest BCUT2D eigenvalue weighted by Crippen LogP contribution is 2.42. The molecule has 1 saturated heterocycles. The molecule has 1 N–H and O–H groups in total. The minimum Gasteiger partial charge on any atom is -0.486 e. The lowest BCUT2D eigenvalue weighted by Crippen LogP contribution is -2.34. The van der Waals surface area contributed by atoms with E-state index in [1.807, 2.05) is 55.1 Å². The molecule has 2 heterocycles. The van der Waals surface area contributed by atoms with Crippen molar-refractivity contribution in [3.05, 3.63) is 53.1 Å². The number of nitrogens with one attached hydrogen (secondary N) is 1. The highest BCUT2D eigenvalue weighted by molar-refractivity contribution is 7.99. The van der Waals surface area contributed by atoms with E-state index in [0.717, 1.165) is 46.2 Å². The summed E-state index contributed by atoms with van der Waals surface area (Å²) in [6.07, 6.45) is 0. The number of benzene rings is 2. The average Bonchev–Trinajstić information content (AvgIpc) is 3.14. The molecule has 2 amide bonds. The molecule has 1 fully saturated rings. The summed E-state index contributed by atoms with van der Waals surface area (Å²) in [4.78, 5) is 14.8. The monoisotopic (exact) mass is 370 g/mol. The molecule has 0 saturated carbocycles. The fourth-order valence-electron chi connectivity index (χ4n) is 3.36. The number of thioether (sulfide) groups is 1. The number of para-hydroxylation sites is 1. The highest BCUT2D eigenvalue weighted by atomic mass is 32.2. The zero-order chi connectivity index (χ0) is 18.1. The topological polar surface area (TPSA) is 50.8 Å². The lowest BCUT2D eigenvalue weighted by atomic mass is 10.1. The Hall–Kier alpha value is -2.34. The van der Waals surface area contributed by atoms with Crippen LogP contribution in [0, 0.1) is 13.8 Å². The third-order valence-corrected chi connectivity index (χ3v) is 5.98. The zero-order valence-corrected chi connectivity index (χ0v) is 15.8. The Balaban J connectivity index is 1.56. The molecule has 2 aromatic carbocycles. The van der Waals surface area contributed by atoms with Gasteiger partial charge in [0.1, 0.15) is 18.6 Å². The van der Waals surface area contributed by atoms with Crippen LogP contribution >= 0.6 is 11.8 Å². The molecule has 0 spiro atoms. The van der Waals surface area contributed by atoms with E-state index in [1.165, 1.54) is 0 Å². The summed E-state index contributed by atoms with van der Waals surface area (Å²) >= 11 is 1.77. The first-order valence-electron chi connectivity index (χ1n) is 8.78. The molecule has 0 unspecified atom stereocenters. The molecule has 0 radical (unpaired) electrons. The van der Waals surface area contributed by atoms with Crippen molar-refractivity contribution in [1.82, 2.24) is 4.90 Å². The van der Waals surface area contributed by atoms with Crippen LogP contribution in [0.1, 0.15) is 22.1 Å². The number of anilines is 1. The van der Waals surface area contributed by atoms with Crippen LogP contribution < -0.4 is 14.8 Å². The number of rotatable bonds is 2. The van der Waals surface area contributed by atoms with Crippen LogP contribution in [-0.2, 0) is 0 Å². The first-order valence-corrected chi connectivity index (χ1v) is 9.83. The third-order valence-electron chi connectivity index (χ3n) is 4.72. The van der Waals surface area contributed by atoms with Gasteiger partial charge in [0.15, 0.2) is 11.5 Å². The zero-order valence-electron chi connectivity index (χ0n) is 15.0. The van der Waals surface area contributed by atoms with Crippen LogP contribution in [0.3, 0.4) is 0 Å². The predicted molar refractivity (Wildman–Crippen MR) is 104 cm³/mol. The van der Waals surface area contributed by atoms with Crippen molar-refractivity contribution in [2.75, 3.05) is 30.8 Å². The molecule has 6 heteroatoms. The predicted octanol–water partition coefficient (Wildman–Crippen LogP) is 4.35. The molecule has 5 nitrogen and oxygen atoms in total. The van der Waals surface area contributed by atoms with E-state index >= 15 is 0 Å². The average molecular weight is 370 g/mol. The summed E-state index contributed by atoms with van der Waals surface area (Å²) in [5, 5.41) is 3.08. The van der Waals surface area contributed by atoms with Crippen molar-refractivity contribution < 1.29 is 14.3 Å². The molecular weight excluding hydrogens is 348 g/mol. The van der Waals surface area contributed by atoms with Crippen molar-refractivity contribution in [3.8, 4) is 11.5 Å². The molecule has 0 aliphatic carbocycles. The van der Waals surface area contributed by atoms with Gasteiger partial charge in [0.2, 0.25) is 0 Å². The number of amides is 2. The first-order chi connectivity index (χ1) is 12.6. The number of hydrogen-bond acceptors (Lipinski definition) is 4. The normalized spacial score (nSPS) is 18.7. The largest absolute Gasteiger partial charge is 0.486 e. The van der Waals surface area contributed by atoms with E-state index in [1.54, 1.807) is 11.8 Å². The maximum absolute atomic E-state index is 12.9. The van der Waals surface area contributed by atoms with Crippen LogP contribution in [0.5, 0.6) is 11.5 Å². The Morgan fingerprint density at radius 3 is 2.62 bits per heavy atom. The summed E-state index contributed by atoms with van der Waals surface area (Å²) in [5.74, 6) is 2.45. The van der Waals surface area contributed by atoms with Gasteiger partial charge in [-0.15, -0.1) is 11.8 Å². The molecule has 26 heavy (non-hydrogen) atoms. The first kappa shape index (κ1) is 17.1. The second-order valence-corrected chi connectivity index (χ2v) is 7.70. The van der Waals surface area contributed by atoms with Crippen molar-refractivity contribution in [1.29, 1.82) is 0 Å². The van der Waals surface area contributed by atoms with E-state index in [0.29, 0.717) is 13.2 Å². The fraction of sp³-hybridized carbons (Fsp3) is 0.350. The Morgan fingerprint density at radius 2 is 1.85 bits per heavy atom. The van der Waals surface area contributed by atoms with Crippen molar-refractivity contribution >= 4 is 23.5 Å². The van der Waals surface area contributed by atoms with E-state index < -0.39 is 0 Å². The number of hydrogen-bond donors (Lipinski definition) is 1. The van der Waals surface area contributed by atoms with Gasteiger partial charge in [-0.05, 0) is 42.7 Å². The number of urea groups is 1. The minimum absolute atomic E-state index is 0.0184. The number of ether oxygens (including phenoxy) is 2. The van der Waals surface area contributed by atoms with E-state index in [9.17, 15) is 4.79 Å². The van der Waals surface area contributed by atoms with E-state index in [2.05, 4.69) is 5.32 Å². The SMILES string of the molecule is Cc1cccc(C)c1NC(=O)N1CCS[C@H]1c1ccc2c(c1)OCCO2. The van der Waals surface area contributed by atoms with Gasteiger partial charge in [-0.3, -0.25) is 0 Å². The summed E-state index contributed by atoms with van der Waals surface area (Å²) < 4.78 is 11.3. The number of carbonyl (C=O) groups excluding carboxylic acids is 1. The van der Waals surface area contributed by atoms with Gasteiger partial charge in [-0.25, -0.2) is 4.79 Å². The number of aryl methyl sites for hydroxylation is 2. The Kier molecular flexibility index (Phi) is 4.68. The summed E-state index contributed by atoms with van der Waals surface area (Å²) in [7, 11) is 0. The molecule has 136 valence electrons. The Bertz CT molecular complexity index is 820. The smallest absolute Gasteiger partial charge is 0.323 e. The van der Waals surface area contributed by atoms with Gasteiger partial charge in [0.25, 0.3) is 0 Å². The molecule has 4 rings (SSSR count). The molecule has 2 aliphatic rings. The van der Waals surface area contributed by atoms with E-state index in [4.69, 9.17) is 9.47 Å². The van der Waals surface area contributed by atoms with Gasteiger partial charge < -0.3 is 19.7 Å². The van der Waals surface area contributed by atoms with Crippen LogP contribution in [-0.4, -0.2) is 36.4 Å². The molecule has 2 aliphatic heterocycles. The molecule has 1 atom stereocenters. The molecule has 0 aromatic heterocycles. The molecular formula is C20H22N2O3S. The van der Waals surface area contributed by atoms with Crippen molar-refractivity contribution in [3.63, 3.8) is 0 Å². The third kappa shape index (κ3) is 3.21.